The highest BCUT2D eigenvalue weighted by molar-refractivity contribution is 7.17. The molecular weight excluding hydrogens is 238 g/mol. The zero-order valence-corrected chi connectivity index (χ0v) is 11.4. The molecule has 0 unspecified atom stereocenters. The van der Waals surface area contributed by atoms with Crippen molar-refractivity contribution >= 4 is 27.1 Å². The fourth-order valence-corrected chi connectivity index (χ4v) is 3.52. The van der Waals surface area contributed by atoms with Gasteiger partial charge in [0.25, 0.3) is 0 Å². The maximum atomic E-state index is 3.58. The van der Waals surface area contributed by atoms with E-state index in [2.05, 4.69) is 41.0 Å². The lowest BCUT2D eigenvalue weighted by atomic mass is 9.97. The van der Waals surface area contributed by atoms with E-state index in [1.807, 2.05) is 11.3 Å². The van der Waals surface area contributed by atoms with Gasteiger partial charge in [-0.15, -0.1) is 11.3 Å². The molecular formula is C16H19NS. The quantitative estimate of drug-likeness (QED) is 0.742. The molecule has 0 radical (unpaired) electrons. The Morgan fingerprint density at radius 2 is 2.11 bits per heavy atom. The van der Waals surface area contributed by atoms with Crippen LogP contribution in [0, 0.1) is 0 Å². The van der Waals surface area contributed by atoms with Crippen molar-refractivity contribution in [2.24, 2.45) is 0 Å². The maximum Gasteiger partial charge on any atom is 0.0529 e. The Morgan fingerprint density at radius 1 is 1.17 bits per heavy atom. The summed E-state index contributed by atoms with van der Waals surface area (Å²) in [6.07, 6.45) is 9.00. The normalized spacial score (nSPS) is 15.7. The van der Waals surface area contributed by atoms with Crippen LogP contribution in [0.4, 0.5) is 5.69 Å². The first-order chi connectivity index (χ1) is 8.93. The first-order valence-corrected chi connectivity index (χ1v) is 7.69. The van der Waals surface area contributed by atoms with Gasteiger partial charge in [-0.05, 0) is 38.2 Å². The molecule has 1 aromatic carbocycles. The predicted molar refractivity (Wildman–Crippen MR) is 81.5 cm³/mol. The standard InChI is InChI=1S/C16H19NS/c1-2-6-13(7-3-1)10-11-17-15-12-18-16-9-5-4-8-14(15)16/h4-6,8-9,12,17H,1-3,7,10-11H2. The van der Waals surface area contributed by atoms with E-state index in [0.29, 0.717) is 0 Å². The van der Waals surface area contributed by atoms with Crippen LogP contribution in [-0.2, 0) is 0 Å². The monoisotopic (exact) mass is 257 g/mol. The van der Waals surface area contributed by atoms with E-state index in [-0.39, 0.29) is 0 Å². The Kier molecular flexibility index (Phi) is 3.65. The highest BCUT2D eigenvalue weighted by Crippen LogP contribution is 2.30. The van der Waals surface area contributed by atoms with Crippen LogP contribution in [0.15, 0.2) is 41.3 Å². The molecule has 0 amide bonds. The van der Waals surface area contributed by atoms with Gasteiger partial charge in [-0.25, -0.2) is 0 Å². The largest absolute Gasteiger partial charge is 0.384 e. The maximum absolute atomic E-state index is 3.58. The Labute approximate surface area is 113 Å². The predicted octanol–water partition coefficient (Wildman–Crippen LogP) is 5.20. The molecule has 0 saturated carbocycles. The second-order valence-corrected chi connectivity index (χ2v) is 5.84. The van der Waals surface area contributed by atoms with E-state index in [4.69, 9.17) is 0 Å². The van der Waals surface area contributed by atoms with E-state index in [1.165, 1.54) is 47.9 Å². The van der Waals surface area contributed by atoms with Crippen LogP contribution in [0.3, 0.4) is 0 Å². The molecule has 1 aliphatic carbocycles. The molecule has 18 heavy (non-hydrogen) atoms. The summed E-state index contributed by atoms with van der Waals surface area (Å²) in [7, 11) is 0. The van der Waals surface area contributed by atoms with Gasteiger partial charge in [0.1, 0.15) is 0 Å². The van der Waals surface area contributed by atoms with Gasteiger partial charge in [0.05, 0.1) is 5.69 Å². The number of fused-ring (bicyclic) bond motifs is 1. The molecule has 1 heterocycles. The molecule has 0 aliphatic heterocycles. The number of rotatable bonds is 4. The smallest absolute Gasteiger partial charge is 0.0529 e. The van der Waals surface area contributed by atoms with Crippen molar-refractivity contribution < 1.29 is 0 Å². The summed E-state index contributed by atoms with van der Waals surface area (Å²) in [6.45, 7) is 1.06. The first kappa shape index (κ1) is 11.8. The van der Waals surface area contributed by atoms with Gasteiger partial charge in [0.15, 0.2) is 0 Å². The van der Waals surface area contributed by atoms with Crippen LogP contribution in [-0.4, -0.2) is 6.54 Å². The van der Waals surface area contributed by atoms with Gasteiger partial charge in [-0.1, -0.05) is 29.8 Å². The number of thiophene rings is 1. The van der Waals surface area contributed by atoms with Gasteiger partial charge in [0.2, 0.25) is 0 Å². The van der Waals surface area contributed by atoms with Crippen molar-refractivity contribution in [2.45, 2.75) is 32.1 Å². The minimum Gasteiger partial charge on any atom is -0.384 e. The molecule has 2 heteroatoms. The molecule has 0 fully saturated rings. The summed E-state index contributed by atoms with van der Waals surface area (Å²) in [6, 6.07) is 8.61. The van der Waals surface area contributed by atoms with Crippen molar-refractivity contribution in [3.63, 3.8) is 0 Å². The number of nitrogens with one attached hydrogen (secondary N) is 1. The van der Waals surface area contributed by atoms with Crippen LogP contribution < -0.4 is 5.32 Å². The third-order valence-corrected chi connectivity index (χ3v) is 4.59. The second-order valence-electron chi connectivity index (χ2n) is 4.93. The Bertz CT molecular complexity index is 553. The van der Waals surface area contributed by atoms with Crippen LogP contribution >= 0.6 is 11.3 Å². The van der Waals surface area contributed by atoms with E-state index < -0.39 is 0 Å². The van der Waals surface area contributed by atoms with Gasteiger partial charge < -0.3 is 5.32 Å². The average Bonchev–Trinajstić information content (AvgIpc) is 2.84. The molecule has 1 aromatic heterocycles. The number of hydrogen-bond donors (Lipinski definition) is 1. The fourth-order valence-electron chi connectivity index (χ4n) is 2.60. The number of hydrogen-bond acceptors (Lipinski definition) is 2. The van der Waals surface area contributed by atoms with Crippen molar-refractivity contribution in [2.75, 3.05) is 11.9 Å². The molecule has 3 rings (SSSR count). The van der Waals surface area contributed by atoms with Gasteiger partial charge in [-0.3, -0.25) is 0 Å². The Balaban J connectivity index is 1.61. The summed E-state index contributed by atoms with van der Waals surface area (Å²) in [5.41, 5.74) is 2.94. The van der Waals surface area contributed by atoms with Crippen LogP contribution in [0.5, 0.6) is 0 Å². The van der Waals surface area contributed by atoms with E-state index >= 15 is 0 Å². The molecule has 1 N–H and O–H groups in total. The van der Waals surface area contributed by atoms with Crippen molar-refractivity contribution in [3.05, 3.63) is 41.3 Å². The Hall–Kier alpha value is -1.28. The van der Waals surface area contributed by atoms with E-state index in [0.717, 1.165) is 6.54 Å². The average molecular weight is 257 g/mol. The molecule has 2 aromatic rings. The highest BCUT2D eigenvalue weighted by Gasteiger charge is 2.05. The molecule has 1 nitrogen and oxygen atoms in total. The van der Waals surface area contributed by atoms with Crippen molar-refractivity contribution in [1.82, 2.24) is 0 Å². The Morgan fingerprint density at radius 3 is 3.00 bits per heavy atom. The third-order valence-electron chi connectivity index (χ3n) is 3.63. The van der Waals surface area contributed by atoms with E-state index in [1.54, 1.807) is 5.57 Å². The van der Waals surface area contributed by atoms with Gasteiger partial charge in [-0.2, -0.15) is 0 Å². The fraction of sp³-hybridized carbons (Fsp3) is 0.375. The van der Waals surface area contributed by atoms with Gasteiger partial charge in [0, 0.05) is 22.0 Å². The SMILES string of the molecule is C1=C(CCNc2csc3ccccc23)CCCC1. The molecule has 0 saturated heterocycles. The summed E-state index contributed by atoms with van der Waals surface area (Å²) < 4.78 is 1.37. The molecule has 0 spiro atoms. The number of anilines is 1. The number of allylic oxidation sites excluding steroid dienone is 1. The topological polar surface area (TPSA) is 12.0 Å². The molecule has 0 bridgehead atoms. The second kappa shape index (κ2) is 5.57. The molecule has 0 atom stereocenters. The summed E-state index contributed by atoms with van der Waals surface area (Å²) in [5.74, 6) is 0. The van der Waals surface area contributed by atoms with Crippen LogP contribution in [0.1, 0.15) is 32.1 Å². The lowest BCUT2D eigenvalue weighted by molar-refractivity contribution is 0.679. The van der Waals surface area contributed by atoms with Crippen molar-refractivity contribution in [3.8, 4) is 0 Å². The zero-order valence-electron chi connectivity index (χ0n) is 10.6. The van der Waals surface area contributed by atoms with Crippen LogP contribution in [0.2, 0.25) is 0 Å². The molecule has 1 aliphatic rings. The highest BCUT2D eigenvalue weighted by atomic mass is 32.1. The zero-order chi connectivity index (χ0) is 12.2. The minimum atomic E-state index is 1.06. The summed E-state index contributed by atoms with van der Waals surface area (Å²) in [4.78, 5) is 0. The third kappa shape index (κ3) is 2.59. The lowest BCUT2D eigenvalue weighted by Crippen LogP contribution is -2.03. The van der Waals surface area contributed by atoms with E-state index in [9.17, 15) is 0 Å². The minimum absolute atomic E-state index is 1.06. The van der Waals surface area contributed by atoms with Gasteiger partial charge >= 0.3 is 0 Å². The lowest BCUT2D eigenvalue weighted by Gasteiger charge is -2.13. The molecule has 94 valence electrons. The summed E-state index contributed by atoms with van der Waals surface area (Å²) >= 11 is 1.82. The number of benzene rings is 1. The van der Waals surface area contributed by atoms with Crippen LogP contribution in [0.25, 0.3) is 10.1 Å². The summed E-state index contributed by atoms with van der Waals surface area (Å²) in [5, 5.41) is 7.18. The van der Waals surface area contributed by atoms with Crippen molar-refractivity contribution in [1.29, 1.82) is 0 Å². The first-order valence-electron chi connectivity index (χ1n) is 6.81.